The number of esters is 1. The summed E-state index contributed by atoms with van der Waals surface area (Å²) in [6, 6.07) is 10.9. The van der Waals surface area contributed by atoms with Crippen LogP contribution in [0.4, 0.5) is 0 Å². The lowest BCUT2D eigenvalue weighted by Crippen LogP contribution is -2.32. The molecule has 0 unspecified atom stereocenters. The molecule has 8 nitrogen and oxygen atoms in total. The van der Waals surface area contributed by atoms with Crippen molar-refractivity contribution in [2.75, 3.05) is 20.2 Å². The summed E-state index contributed by atoms with van der Waals surface area (Å²) < 4.78 is 34.5. The summed E-state index contributed by atoms with van der Waals surface area (Å²) >= 11 is 7.30. The number of amides is 1. The Balaban J connectivity index is 1.97. The number of aromatic nitrogens is 1. The normalized spacial score (nSPS) is 12.4. The lowest BCUT2D eigenvalue weighted by atomic mass is 10.2. The smallest absolute Gasteiger partial charge is 0.325 e. The summed E-state index contributed by atoms with van der Waals surface area (Å²) in [7, 11) is -2.36. The van der Waals surface area contributed by atoms with Gasteiger partial charge in [-0.05, 0) is 55.3 Å². The van der Waals surface area contributed by atoms with Crippen molar-refractivity contribution in [3.8, 4) is 0 Å². The molecule has 34 heavy (non-hydrogen) atoms. The molecule has 0 fully saturated rings. The van der Waals surface area contributed by atoms with Gasteiger partial charge in [0.15, 0.2) is 4.80 Å². The van der Waals surface area contributed by atoms with Gasteiger partial charge in [0.05, 0.1) is 22.2 Å². The quantitative estimate of drug-likeness (QED) is 0.393. The lowest BCUT2D eigenvalue weighted by Gasteiger charge is -2.21. The standard InChI is InChI=1S/C23H26ClN3O5S2/c1-4-12-26(13-5-2)34(30,31)18-9-6-16(7-10-18)22(29)25-23-27(15-21(28)32-3)19-11-8-17(24)14-20(19)33-23/h6-11,14H,4-5,12-13,15H2,1-3H3. The van der Waals surface area contributed by atoms with Crippen LogP contribution in [0.5, 0.6) is 0 Å². The first-order valence-electron chi connectivity index (χ1n) is 10.8. The maximum Gasteiger partial charge on any atom is 0.325 e. The molecule has 11 heteroatoms. The van der Waals surface area contributed by atoms with Crippen molar-refractivity contribution in [1.82, 2.24) is 8.87 Å². The number of nitrogens with zero attached hydrogens (tertiary/aromatic N) is 3. The lowest BCUT2D eigenvalue weighted by molar-refractivity contribution is -0.141. The summed E-state index contributed by atoms with van der Waals surface area (Å²) in [6.07, 6.45) is 1.42. The predicted molar refractivity (Wildman–Crippen MR) is 133 cm³/mol. The second-order valence-corrected chi connectivity index (χ2v) is 10.9. The van der Waals surface area contributed by atoms with Crippen LogP contribution in [-0.2, 0) is 26.1 Å². The Hall–Kier alpha value is -2.53. The molecule has 0 aliphatic heterocycles. The van der Waals surface area contributed by atoms with Crippen LogP contribution in [0.3, 0.4) is 0 Å². The minimum Gasteiger partial charge on any atom is -0.468 e. The Morgan fingerprint density at radius 3 is 2.32 bits per heavy atom. The number of thiazole rings is 1. The molecule has 1 heterocycles. The number of sulfonamides is 1. The topological polar surface area (TPSA) is 98.0 Å². The highest BCUT2D eigenvalue weighted by atomic mass is 35.5. The van der Waals surface area contributed by atoms with E-state index in [1.807, 2.05) is 13.8 Å². The maximum atomic E-state index is 12.9. The Labute approximate surface area is 207 Å². The van der Waals surface area contributed by atoms with Gasteiger partial charge in [0, 0.05) is 23.7 Å². The van der Waals surface area contributed by atoms with Gasteiger partial charge in [-0.2, -0.15) is 9.30 Å². The van der Waals surface area contributed by atoms with E-state index in [1.54, 1.807) is 22.8 Å². The first kappa shape index (κ1) is 26.1. The highest BCUT2D eigenvalue weighted by molar-refractivity contribution is 7.89. The van der Waals surface area contributed by atoms with Gasteiger partial charge in [-0.1, -0.05) is 36.8 Å². The molecule has 2 aromatic carbocycles. The van der Waals surface area contributed by atoms with E-state index in [0.29, 0.717) is 41.3 Å². The van der Waals surface area contributed by atoms with Crippen molar-refractivity contribution >= 4 is 55.1 Å². The highest BCUT2D eigenvalue weighted by Gasteiger charge is 2.23. The average Bonchev–Trinajstić information content (AvgIpc) is 3.14. The minimum absolute atomic E-state index is 0.119. The van der Waals surface area contributed by atoms with Gasteiger partial charge in [-0.15, -0.1) is 0 Å². The van der Waals surface area contributed by atoms with Crippen LogP contribution in [0.15, 0.2) is 52.4 Å². The molecular weight excluding hydrogens is 498 g/mol. The van der Waals surface area contributed by atoms with Crippen molar-refractivity contribution in [3.63, 3.8) is 0 Å². The van der Waals surface area contributed by atoms with E-state index in [4.69, 9.17) is 16.3 Å². The number of carbonyl (C=O) groups is 2. The second-order valence-electron chi connectivity index (χ2n) is 7.50. The SMILES string of the molecule is CCCN(CCC)S(=O)(=O)c1ccc(C(=O)N=c2sc3cc(Cl)ccc3n2CC(=O)OC)cc1. The molecule has 0 aliphatic rings. The van der Waals surface area contributed by atoms with E-state index in [0.717, 1.165) is 4.70 Å². The number of fused-ring (bicyclic) bond motifs is 1. The largest absolute Gasteiger partial charge is 0.468 e. The third-order valence-corrected chi connectivity index (χ3v) is 8.23. The molecule has 0 bridgehead atoms. The van der Waals surface area contributed by atoms with Crippen LogP contribution in [-0.4, -0.2) is 49.4 Å². The third-order valence-electron chi connectivity index (χ3n) is 5.04. The van der Waals surface area contributed by atoms with Gasteiger partial charge in [-0.3, -0.25) is 9.59 Å². The molecule has 3 rings (SSSR count). The van der Waals surface area contributed by atoms with Crippen LogP contribution in [0.1, 0.15) is 37.0 Å². The van der Waals surface area contributed by atoms with Gasteiger partial charge < -0.3 is 9.30 Å². The zero-order valence-electron chi connectivity index (χ0n) is 19.2. The fourth-order valence-corrected chi connectivity index (χ4v) is 6.33. The number of hydrogen-bond donors (Lipinski definition) is 0. The van der Waals surface area contributed by atoms with E-state index < -0.39 is 21.9 Å². The first-order valence-corrected chi connectivity index (χ1v) is 13.4. The molecule has 0 N–H and O–H groups in total. The van der Waals surface area contributed by atoms with Gasteiger partial charge in [-0.25, -0.2) is 8.42 Å². The Morgan fingerprint density at radius 1 is 1.09 bits per heavy atom. The number of carbonyl (C=O) groups excluding carboxylic acids is 2. The zero-order chi connectivity index (χ0) is 24.9. The summed E-state index contributed by atoms with van der Waals surface area (Å²) in [6.45, 7) is 4.60. The maximum absolute atomic E-state index is 12.9. The molecule has 182 valence electrons. The molecule has 1 aromatic heterocycles. The van der Waals surface area contributed by atoms with Gasteiger partial charge >= 0.3 is 5.97 Å². The highest BCUT2D eigenvalue weighted by Crippen LogP contribution is 2.22. The van der Waals surface area contributed by atoms with Crippen molar-refractivity contribution < 1.29 is 22.7 Å². The fraction of sp³-hybridized carbons (Fsp3) is 0.348. The molecule has 1 amide bonds. The Morgan fingerprint density at radius 2 is 1.74 bits per heavy atom. The van der Waals surface area contributed by atoms with Gasteiger partial charge in [0.1, 0.15) is 6.54 Å². The molecule has 0 spiro atoms. The van der Waals surface area contributed by atoms with Crippen molar-refractivity contribution in [3.05, 3.63) is 57.9 Å². The minimum atomic E-state index is -3.65. The first-order chi connectivity index (χ1) is 16.2. The predicted octanol–water partition coefficient (Wildman–Crippen LogP) is 4.08. The molecule has 0 radical (unpaired) electrons. The van der Waals surface area contributed by atoms with Gasteiger partial charge in [0.2, 0.25) is 10.0 Å². The molecule has 3 aromatic rings. The van der Waals surface area contributed by atoms with Crippen molar-refractivity contribution in [2.45, 2.75) is 38.1 Å². The van der Waals surface area contributed by atoms with E-state index in [2.05, 4.69) is 4.99 Å². The Kier molecular flexibility index (Phi) is 8.64. The van der Waals surface area contributed by atoms with E-state index in [1.165, 1.54) is 47.0 Å². The number of halogens is 1. The monoisotopic (exact) mass is 523 g/mol. The second kappa shape index (κ2) is 11.3. The van der Waals surface area contributed by atoms with Crippen LogP contribution in [0.2, 0.25) is 5.02 Å². The van der Waals surface area contributed by atoms with E-state index in [9.17, 15) is 18.0 Å². The van der Waals surface area contributed by atoms with Crippen LogP contribution in [0.25, 0.3) is 10.2 Å². The van der Waals surface area contributed by atoms with Crippen LogP contribution >= 0.6 is 22.9 Å². The Bertz CT molecular complexity index is 1360. The van der Waals surface area contributed by atoms with E-state index in [-0.39, 0.29) is 17.0 Å². The zero-order valence-corrected chi connectivity index (χ0v) is 21.5. The number of benzene rings is 2. The number of methoxy groups -OCH3 is 1. The molecular formula is C23H26ClN3O5S2. The van der Waals surface area contributed by atoms with Crippen molar-refractivity contribution in [1.29, 1.82) is 0 Å². The van der Waals surface area contributed by atoms with Crippen LogP contribution in [0, 0.1) is 0 Å². The summed E-state index contributed by atoms with van der Waals surface area (Å²) in [5.74, 6) is -1.04. The van der Waals surface area contributed by atoms with Crippen LogP contribution < -0.4 is 4.80 Å². The summed E-state index contributed by atoms with van der Waals surface area (Å²) in [4.78, 5) is 29.5. The number of hydrogen-bond acceptors (Lipinski definition) is 6. The number of ether oxygens (including phenoxy) is 1. The summed E-state index contributed by atoms with van der Waals surface area (Å²) in [5, 5.41) is 0.522. The molecule has 0 atom stereocenters. The molecule has 0 aliphatic carbocycles. The van der Waals surface area contributed by atoms with Crippen molar-refractivity contribution in [2.24, 2.45) is 4.99 Å². The molecule has 0 saturated heterocycles. The fourth-order valence-electron chi connectivity index (χ4n) is 3.40. The average molecular weight is 524 g/mol. The number of rotatable bonds is 9. The summed E-state index contributed by atoms with van der Waals surface area (Å²) in [5.41, 5.74) is 0.927. The third kappa shape index (κ3) is 5.75. The van der Waals surface area contributed by atoms with E-state index >= 15 is 0 Å². The van der Waals surface area contributed by atoms with Gasteiger partial charge in [0.25, 0.3) is 5.91 Å². The molecule has 0 saturated carbocycles.